The second kappa shape index (κ2) is 8.79. The Morgan fingerprint density at radius 3 is 2.51 bits per heavy atom. The number of aromatic nitrogens is 2. The number of nitrogens with one attached hydrogen (secondary N) is 1. The maximum Gasteiger partial charge on any atom is 0.433 e. The molecule has 1 atom stereocenters. The van der Waals surface area contributed by atoms with Crippen molar-refractivity contribution in [1.82, 2.24) is 9.97 Å². The lowest BCUT2D eigenvalue weighted by atomic mass is 9.97. The number of hydrogen-bond acceptors (Lipinski definition) is 5. The predicted molar refractivity (Wildman–Crippen MR) is 125 cm³/mol. The van der Waals surface area contributed by atoms with Crippen LogP contribution in [0, 0.1) is 0 Å². The minimum atomic E-state index is -4.62. The van der Waals surface area contributed by atoms with Crippen LogP contribution in [0.25, 0.3) is 11.1 Å². The molecule has 5 rings (SSSR count). The molecular weight excluding hydrogens is 497 g/mol. The summed E-state index contributed by atoms with van der Waals surface area (Å²) >= 11 is 0. The van der Waals surface area contributed by atoms with Crippen LogP contribution >= 0.6 is 0 Å². The zero-order chi connectivity index (χ0) is 26.5. The first-order valence-electron chi connectivity index (χ1n) is 11.3. The van der Waals surface area contributed by atoms with Crippen LogP contribution < -0.4 is 15.1 Å². The van der Waals surface area contributed by atoms with Gasteiger partial charge in [-0.3, -0.25) is 14.6 Å². The van der Waals surface area contributed by atoms with Crippen LogP contribution in [-0.2, 0) is 15.8 Å². The molecule has 12 heteroatoms. The van der Waals surface area contributed by atoms with E-state index in [-0.39, 0.29) is 5.69 Å². The van der Waals surface area contributed by atoms with E-state index in [0.29, 0.717) is 28.2 Å². The van der Waals surface area contributed by atoms with Crippen LogP contribution in [-0.4, -0.2) is 47.3 Å². The smallest absolute Gasteiger partial charge is 0.359 e. The fourth-order valence-electron chi connectivity index (χ4n) is 4.46. The number of anilines is 3. The predicted octanol–water partition coefficient (Wildman–Crippen LogP) is 4.71. The molecule has 3 aromatic rings. The molecule has 0 saturated carbocycles. The number of carbonyl (C=O) groups excluding carboxylic acids is 2. The van der Waals surface area contributed by atoms with Crippen molar-refractivity contribution in [1.29, 1.82) is 0 Å². The van der Waals surface area contributed by atoms with Crippen molar-refractivity contribution in [2.75, 3.05) is 34.8 Å². The largest absolute Gasteiger partial charge is 0.433 e. The number of carbonyl (C=O) groups is 2. The van der Waals surface area contributed by atoms with E-state index in [9.17, 15) is 31.5 Å². The lowest BCUT2D eigenvalue weighted by Gasteiger charge is -2.41. The van der Waals surface area contributed by atoms with E-state index >= 15 is 0 Å². The molecule has 2 amide bonds. The van der Waals surface area contributed by atoms with Crippen LogP contribution in [0.15, 0.2) is 54.9 Å². The number of amides is 2. The summed E-state index contributed by atoms with van der Waals surface area (Å²) in [5.41, 5.74) is 1.51. The molecule has 4 heterocycles. The van der Waals surface area contributed by atoms with Gasteiger partial charge in [-0.25, -0.2) is 13.8 Å². The average Bonchev–Trinajstić information content (AvgIpc) is 2.92. The van der Waals surface area contributed by atoms with Crippen molar-refractivity contribution in [3.8, 4) is 11.1 Å². The second-order valence-corrected chi connectivity index (χ2v) is 8.97. The Balaban J connectivity index is 1.47. The monoisotopic (exact) mass is 517 g/mol. The third-order valence-corrected chi connectivity index (χ3v) is 6.30. The molecule has 192 valence electrons. The number of rotatable bonds is 4. The molecule has 0 radical (unpaired) electrons. The molecule has 7 nitrogen and oxygen atoms in total. The normalized spacial score (nSPS) is 18.4. The van der Waals surface area contributed by atoms with E-state index in [1.807, 2.05) is 0 Å². The molecular formula is C25H20F5N5O2. The average molecular weight is 517 g/mol. The fourth-order valence-corrected chi connectivity index (χ4v) is 4.46. The lowest BCUT2D eigenvalue weighted by Crippen LogP contribution is -2.56. The highest BCUT2D eigenvalue weighted by atomic mass is 19.4. The Bertz CT molecular complexity index is 1370. The highest BCUT2D eigenvalue weighted by molar-refractivity contribution is 6.09. The molecule has 1 saturated heterocycles. The van der Waals surface area contributed by atoms with Crippen molar-refractivity contribution in [3.05, 3.63) is 66.2 Å². The summed E-state index contributed by atoms with van der Waals surface area (Å²) < 4.78 is 65.3. The van der Waals surface area contributed by atoms with E-state index < -0.39 is 55.2 Å². The highest BCUT2D eigenvalue weighted by Gasteiger charge is 2.44. The van der Waals surface area contributed by atoms with Crippen LogP contribution in [0.4, 0.5) is 39.0 Å². The molecule has 2 aliphatic heterocycles. The number of benzene rings is 1. The van der Waals surface area contributed by atoms with Crippen molar-refractivity contribution in [2.24, 2.45) is 0 Å². The molecule has 2 aliphatic rings. The molecule has 1 aromatic carbocycles. The number of halogens is 5. The number of fused-ring (bicyclic) bond motifs is 3. The molecule has 2 aromatic heterocycles. The van der Waals surface area contributed by atoms with Gasteiger partial charge in [0, 0.05) is 23.0 Å². The van der Waals surface area contributed by atoms with E-state index in [0.717, 1.165) is 18.3 Å². The van der Waals surface area contributed by atoms with Gasteiger partial charge >= 0.3 is 6.18 Å². The van der Waals surface area contributed by atoms with Crippen molar-refractivity contribution >= 4 is 28.9 Å². The maximum absolute atomic E-state index is 13.5. The summed E-state index contributed by atoms with van der Waals surface area (Å²) in [5, 5.41) is 2.46. The summed E-state index contributed by atoms with van der Waals surface area (Å²) in [5.74, 6) is -4.64. The van der Waals surface area contributed by atoms with Gasteiger partial charge in [-0.15, -0.1) is 0 Å². The third-order valence-electron chi connectivity index (χ3n) is 6.30. The van der Waals surface area contributed by atoms with Crippen molar-refractivity contribution < 1.29 is 31.5 Å². The Labute approximate surface area is 207 Å². The van der Waals surface area contributed by atoms with Gasteiger partial charge < -0.3 is 15.1 Å². The molecule has 0 spiro atoms. The first kappa shape index (κ1) is 24.6. The van der Waals surface area contributed by atoms with Crippen molar-refractivity contribution in [3.63, 3.8) is 0 Å². The number of pyridine rings is 2. The van der Waals surface area contributed by atoms with E-state index in [2.05, 4.69) is 15.3 Å². The number of hydrogen-bond donors (Lipinski definition) is 1. The first-order valence-corrected chi connectivity index (χ1v) is 11.3. The van der Waals surface area contributed by atoms with Gasteiger partial charge in [0.05, 0.1) is 42.3 Å². The summed E-state index contributed by atoms with van der Waals surface area (Å²) in [7, 11) is 0. The topological polar surface area (TPSA) is 78.4 Å². The molecule has 0 bridgehead atoms. The minimum Gasteiger partial charge on any atom is -0.359 e. The van der Waals surface area contributed by atoms with E-state index in [1.165, 1.54) is 9.80 Å². The molecule has 1 N–H and O–H groups in total. The summed E-state index contributed by atoms with van der Waals surface area (Å²) in [6.45, 7) is 0.262. The fraction of sp³-hybridized carbons (Fsp3) is 0.280. The lowest BCUT2D eigenvalue weighted by molar-refractivity contribution is -0.141. The Kier molecular flexibility index (Phi) is 5.84. The molecule has 1 fully saturated rings. The SMILES string of the molecule is C[C@@H]1C(=O)N(CC(=O)Nc2ccc(C(F)(F)F)nc2)c2cc(N3CC(F)(F)C3)ccc2-c2cccnc21. The summed E-state index contributed by atoms with van der Waals surface area (Å²) in [6, 6.07) is 10.3. The van der Waals surface area contributed by atoms with Crippen molar-refractivity contribution in [2.45, 2.75) is 24.9 Å². The summed E-state index contributed by atoms with van der Waals surface area (Å²) in [6.07, 6.45) is -2.19. The molecule has 0 unspecified atom stereocenters. The maximum atomic E-state index is 13.5. The molecule has 0 aliphatic carbocycles. The van der Waals surface area contributed by atoms with Gasteiger partial charge in [0.2, 0.25) is 11.8 Å². The van der Waals surface area contributed by atoms with Gasteiger partial charge in [-0.05, 0) is 37.3 Å². The van der Waals surface area contributed by atoms with Gasteiger partial charge in [0.1, 0.15) is 12.2 Å². The standard InChI is InChI=1S/C25H20F5N5O2/c1-14-22-18(3-2-8-31-22)17-6-5-16(34-12-24(26,27)13-34)9-19(17)35(23(14)37)11-21(36)33-15-4-7-20(32-10-15)25(28,29)30/h2-10,14H,11-13H2,1H3,(H,33,36)/t14-/m0/s1. The zero-order valence-corrected chi connectivity index (χ0v) is 19.4. The quantitative estimate of drug-likeness (QED) is 0.508. The van der Waals surface area contributed by atoms with Gasteiger partial charge in [0.15, 0.2) is 0 Å². The van der Waals surface area contributed by atoms with Gasteiger partial charge in [-0.1, -0.05) is 12.1 Å². The second-order valence-electron chi connectivity index (χ2n) is 8.97. The third kappa shape index (κ3) is 4.70. The minimum absolute atomic E-state index is 0.0232. The Morgan fingerprint density at radius 1 is 1.11 bits per heavy atom. The van der Waals surface area contributed by atoms with E-state index in [1.54, 1.807) is 43.5 Å². The van der Waals surface area contributed by atoms with E-state index in [4.69, 9.17) is 0 Å². The Morgan fingerprint density at radius 2 is 1.86 bits per heavy atom. The zero-order valence-electron chi connectivity index (χ0n) is 19.4. The number of alkyl halides is 5. The first-order chi connectivity index (χ1) is 17.4. The Hall–Kier alpha value is -4.09. The molecule has 37 heavy (non-hydrogen) atoms. The number of nitrogens with zero attached hydrogens (tertiary/aromatic N) is 4. The van der Waals surface area contributed by atoms with Crippen LogP contribution in [0.3, 0.4) is 0 Å². The summed E-state index contributed by atoms with van der Waals surface area (Å²) in [4.78, 5) is 36.8. The van der Waals surface area contributed by atoms with Gasteiger partial charge in [0.25, 0.3) is 5.92 Å². The van der Waals surface area contributed by atoms with Gasteiger partial charge in [-0.2, -0.15) is 13.2 Å². The van der Waals surface area contributed by atoms with Crippen LogP contribution in [0.2, 0.25) is 0 Å². The van der Waals surface area contributed by atoms with Crippen LogP contribution in [0.1, 0.15) is 24.2 Å². The van der Waals surface area contributed by atoms with Crippen LogP contribution in [0.5, 0.6) is 0 Å². The highest BCUT2D eigenvalue weighted by Crippen LogP contribution is 2.43.